The minimum atomic E-state index is -0.161. The fraction of sp³-hybridized carbons (Fsp3) is 0.222. The van der Waals surface area contributed by atoms with Gasteiger partial charge in [-0.25, -0.2) is 4.98 Å². The monoisotopic (exact) mass is 353 g/mol. The summed E-state index contributed by atoms with van der Waals surface area (Å²) in [5.74, 6) is 0.305. The Labute approximate surface area is 150 Å². The molecule has 1 amide bonds. The zero-order valence-corrected chi connectivity index (χ0v) is 14.2. The van der Waals surface area contributed by atoms with Gasteiger partial charge in [0.15, 0.2) is 6.19 Å². The van der Waals surface area contributed by atoms with Gasteiger partial charge in [-0.2, -0.15) is 5.26 Å². The lowest BCUT2D eigenvalue weighted by Crippen LogP contribution is -2.23. The first-order chi connectivity index (χ1) is 12.1. The van der Waals surface area contributed by atoms with E-state index in [0.717, 1.165) is 23.3 Å². The molecule has 0 fully saturated rings. The molecular formula is C18H16ClN5O. The van der Waals surface area contributed by atoms with Crippen LogP contribution in [0.15, 0.2) is 42.7 Å². The van der Waals surface area contributed by atoms with Crippen molar-refractivity contribution in [2.45, 2.75) is 12.8 Å². The second-order valence-corrected chi connectivity index (χ2v) is 6.10. The summed E-state index contributed by atoms with van der Waals surface area (Å²) in [4.78, 5) is 22.2. The van der Waals surface area contributed by atoms with Crippen molar-refractivity contribution in [2.75, 3.05) is 18.4 Å². The second kappa shape index (κ2) is 7.77. The number of rotatable bonds is 4. The Bertz CT molecular complexity index is 824. The predicted molar refractivity (Wildman–Crippen MR) is 95.6 cm³/mol. The Balaban J connectivity index is 1.59. The number of nitrogens with zero attached hydrogens (tertiary/aromatic N) is 4. The van der Waals surface area contributed by atoms with Gasteiger partial charge in [0.2, 0.25) is 5.91 Å². The molecule has 0 aromatic carbocycles. The number of aromatic nitrogens is 2. The van der Waals surface area contributed by atoms with Crippen LogP contribution in [0.25, 0.3) is 5.57 Å². The van der Waals surface area contributed by atoms with E-state index in [4.69, 9.17) is 16.9 Å². The van der Waals surface area contributed by atoms with Crippen LogP contribution in [0.3, 0.4) is 0 Å². The van der Waals surface area contributed by atoms with Gasteiger partial charge < -0.3 is 10.2 Å². The summed E-state index contributed by atoms with van der Waals surface area (Å²) in [5, 5.41) is 12.1. The molecule has 0 aliphatic carbocycles. The van der Waals surface area contributed by atoms with Crippen LogP contribution >= 0.6 is 11.6 Å². The molecule has 0 radical (unpaired) electrons. The molecule has 3 heterocycles. The van der Waals surface area contributed by atoms with Crippen LogP contribution in [0.4, 0.5) is 5.82 Å². The molecule has 7 heteroatoms. The van der Waals surface area contributed by atoms with Gasteiger partial charge in [0.25, 0.3) is 0 Å². The number of hydrogen-bond acceptors (Lipinski definition) is 5. The first kappa shape index (κ1) is 16.9. The van der Waals surface area contributed by atoms with E-state index in [9.17, 15) is 4.79 Å². The van der Waals surface area contributed by atoms with Crippen molar-refractivity contribution in [3.05, 3.63) is 59.0 Å². The van der Waals surface area contributed by atoms with E-state index in [2.05, 4.69) is 21.5 Å². The van der Waals surface area contributed by atoms with Crippen LogP contribution in [-0.4, -0.2) is 33.9 Å². The topological polar surface area (TPSA) is 81.9 Å². The van der Waals surface area contributed by atoms with Gasteiger partial charge in [-0.1, -0.05) is 23.7 Å². The summed E-state index contributed by atoms with van der Waals surface area (Å²) >= 11 is 5.77. The highest BCUT2D eigenvalue weighted by atomic mass is 35.5. The quantitative estimate of drug-likeness (QED) is 0.855. The zero-order chi connectivity index (χ0) is 17.6. The van der Waals surface area contributed by atoms with Crippen molar-refractivity contribution in [1.82, 2.24) is 14.9 Å². The molecular weight excluding hydrogens is 338 g/mol. The van der Waals surface area contributed by atoms with Gasteiger partial charge in [0.1, 0.15) is 5.82 Å². The van der Waals surface area contributed by atoms with Gasteiger partial charge in [-0.3, -0.25) is 9.78 Å². The standard InChI is InChI=1S/C18H16ClN5O/c19-15-2-4-17(22-11-15)23-18(25)9-13-1-3-16(21-10-13)14-5-7-24(12-20)8-6-14/h1-5,10-11H,6-9H2,(H,22,23,25). The fourth-order valence-corrected chi connectivity index (χ4v) is 2.65. The predicted octanol–water partition coefficient (Wildman–Crippen LogP) is 2.88. The smallest absolute Gasteiger partial charge is 0.230 e. The average molecular weight is 354 g/mol. The number of nitrogens with one attached hydrogen (secondary N) is 1. The van der Waals surface area contributed by atoms with E-state index >= 15 is 0 Å². The molecule has 0 atom stereocenters. The highest BCUT2D eigenvalue weighted by Crippen LogP contribution is 2.20. The normalized spacial score (nSPS) is 13.8. The molecule has 3 rings (SSSR count). The summed E-state index contributed by atoms with van der Waals surface area (Å²) in [6.07, 6.45) is 8.37. The van der Waals surface area contributed by atoms with Crippen LogP contribution in [0.5, 0.6) is 0 Å². The lowest BCUT2D eigenvalue weighted by molar-refractivity contribution is -0.115. The molecule has 1 aliphatic rings. The van der Waals surface area contributed by atoms with E-state index in [-0.39, 0.29) is 12.3 Å². The second-order valence-electron chi connectivity index (χ2n) is 5.66. The van der Waals surface area contributed by atoms with E-state index < -0.39 is 0 Å². The molecule has 0 bridgehead atoms. The van der Waals surface area contributed by atoms with Crippen molar-refractivity contribution in [3.8, 4) is 6.19 Å². The number of halogens is 1. The number of carbonyl (C=O) groups is 1. The Hall–Kier alpha value is -2.91. The molecule has 126 valence electrons. The van der Waals surface area contributed by atoms with Crippen molar-refractivity contribution >= 4 is 28.9 Å². The van der Waals surface area contributed by atoms with E-state index in [1.54, 1.807) is 23.2 Å². The van der Waals surface area contributed by atoms with Gasteiger partial charge >= 0.3 is 0 Å². The molecule has 0 saturated carbocycles. The third kappa shape index (κ3) is 4.55. The number of pyridine rings is 2. The van der Waals surface area contributed by atoms with Crippen LogP contribution in [-0.2, 0) is 11.2 Å². The number of nitriles is 1. The molecule has 2 aromatic rings. The number of anilines is 1. The fourth-order valence-electron chi connectivity index (χ4n) is 2.53. The summed E-state index contributed by atoms with van der Waals surface area (Å²) in [5.41, 5.74) is 2.85. The van der Waals surface area contributed by atoms with Crippen LogP contribution in [0.1, 0.15) is 17.7 Å². The van der Waals surface area contributed by atoms with E-state index in [1.807, 2.05) is 18.2 Å². The minimum absolute atomic E-state index is 0.161. The Kier molecular flexibility index (Phi) is 5.26. The summed E-state index contributed by atoms with van der Waals surface area (Å²) in [6, 6.07) is 7.14. The summed E-state index contributed by atoms with van der Waals surface area (Å²) < 4.78 is 0. The lowest BCUT2D eigenvalue weighted by Gasteiger charge is -2.20. The highest BCUT2D eigenvalue weighted by Gasteiger charge is 2.12. The third-order valence-corrected chi connectivity index (χ3v) is 4.09. The maximum atomic E-state index is 12.1. The zero-order valence-electron chi connectivity index (χ0n) is 13.4. The first-order valence-corrected chi connectivity index (χ1v) is 8.22. The maximum absolute atomic E-state index is 12.1. The third-order valence-electron chi connectivity index (χ3n) is 3.86. The Morgan fingerprint density at radius 3 is 2.76 bits per heavy atom. The molecule has 25 heavy (non-hydrogen) atoms. The lowest BCUT2D eigenvalue weighted by atomic mass is 10.0. The van der Waals surface area contributed by atoms with Crippen LogP contribution in [0.2, 0.25) is 5.02 Å². The Morgan fingerprint density at radius 2 is 2.16 bits per heavy atom. The first-order valence-electron chi connectivity index (χ1n) is 7.84. The van der Waals surface area contributed by atoms with Gasteiger partial charge in [0.05, 0.1) is 17.1 Å². The Morgan fingerprint density at radius 1 is 1.28 bits per heavy atom. The average Bonchev–Trinajstić information content (AvgIpc) is 2.64. The van der Waals surface area contributed by atoms with Crippen molar-refractivity contribution in [1.29, 1.82) is 5.26 Å². The molecule has 1 N–H and O–H groups in total. The van der Waals surface area contributed by atoms with Crippen molar-refractivity contribution < 1.29 is 4.79 Å². The summed E-state index contributed by atoms with van der Waals surface area (Å²) in [7, 11) is 0. The van der Waals surface area contributed by atoms with Crippen molar-refractivity contribution in [2.24, 2.45) is 0 Å². The number of amides is 1. The largest absolute Gasteiger partial charge is 0.310 e. The number of carbonyl (C=O) groups excluding carboxylic acids is 1. The number of hydrogen-bond donors (Lipinski definition) is 1. The van der Waals surface area contributed by atoms with Crippen LogP contribution < -0.4 is 5.32 Å². The highest BCUT2D eigenvalue weighted by molar-refractivity contribution is 6.30. The molecule has 0 spiro atoms. The molecule has 0 saturated heterocycles. The van der Waals surface area contributed by atoms with E-state index in [0.29, 0.717) is 23.9 Å². The van der Waals surface area contributed by atoms with Gasteiger partial charge in [-0.15, -0.1) is 0 Å². The minimum Gasteiger partial charge on any atom is -0.310 e. The molecule has 2 aromatic heterocycles. The van der Waals surface area contributed by atoms with Crippen molar-refractivity contribution in [3.63, 3.8) is 0 Å². The van der Waals surface area contributed by atoms with Gasteiger partial charge in [-0.05, 0) is 35.8 Å². The maximum Gasteiger partial charge on any atom is 0.230 e. The molecule has 0 unspecified atom stereocenters. The SMILES string of the molecule is N#CN1CC=C(c2ccc(CC(=O)Nc3ccc(Cl)cn3)cn2)CC1. The molecule has 6 nitrogen and oxygen atoms in total. The summed E-state index contributed by atoms with van der Waals surface area (Å²) in [6.45, 7) is 1.33. The van der Waals surface area contributed by atoms with Gasteiger partial charge in [0, 0.05) is 25.5 Å². The van der Waals surface area contributed by atoms with E-state index in [1.165, 1.54) is 6.20 Å². The molecule has 1 aliphatic heterocycles. The van der Waals surface area contributed by atoms with Crippen LogP contribution in [0, 0.1) is 11.5 Å².